The molecule has 0 aliphatic carbocycles. The number of rotatable bonds is 4. The molecule has 2 aromatic rings. The third kappa shape index (κ3) is 2.26. The summed E-state index contributed by atoms with van der Waals surface area (Å²) in [6.45, 7) is 5.43. The Balaban J connectivity index is 2.59. The highest BCUT2D eigenvalue weighted by atomic mass is 16.5. The summed E-state index contributed by atoms with van der Waals surface area (Å²) in [7, 11) is 0. The summed E-state index contributed by atoms with van der Waals surface area (Å²) in [6, 6.07) is 5.80. The SMILES string of the molecule is CC(C)Cn1oc(=O)c2c(CCN)cccc21. The third-order valence-corrected chi connectivity index (χ3v) is 2.74. The lowest BCUT2D eigenvalue weighted by molar-refractivity contribution is 0.238. The van der Waals surface area contributed by atoms with Gasteiger partial charge in [-0.2, -0.15) is 0 Å². The van der Waals surface area contributed by atoms with Crippen LogP contribution in [0.2, 0.25) is 0 Å². The second-order valence-electron chi connectivity index (χ2n) is 4.68. The van der Waals surface area contributed by atoms with Gasteiger partial charge in [-0.3, -0.25) is 0 Å². The molecule has 17 heavy (non-hydrogen) atoms. The average Bonchev–Trinajstić information content (AvgIpc) is 2.57. The van der Waals surface area contributed by atoms with Gasteiger partial charge < -0.3 is 10.3 Å². The van der Waals surface area contributed by atoms with Gasteiger partial charge in [-0.15, -0.1) is 0 Å². The van der Waals surface area contributed by atoms with Crippen molar-refractivity contribution in [1.82, 2.24) is 4.74 Å². The molecular formula is C13H18N2O2. The molecule has 0 fully saturated rings. The second kappa shape index (κ2) is 4.75. The van der Waals surface area contributed by atoms with Crippen LogP contribution in [0.3, 0.4) is 0 Å². The van der Waals surface area contributed by atoms with Crippen molar-refractivity contribution in [3.63, 3.8) is 0 Å². The lowest BCUT2D eigenvalue weighted by atomic mass is 10.1. The highest BCUT2D eigenvalue weighted by molar-refractivity contribution is 5.81. The molecule has 0 aliphatic heterocycles. The van der Waals surface area contributed by atoms with Gasteiger partial charge in [0.15, 0.2) is 0 Å². The van der Waals surface area contributed by atoms with E-state index in [-0.39, 0.29) is 5.63 Å². The fraction of sp³-hybridized carbons (Fsp3) is 0.462. The minimum atomic E-state index is -0.260. The van der Waals surface area contributed by atoms with Crippen molar-refractivity contribution in [1.29, 1.82) is 0 Å². The molecule has 2 rings (SSSR count). The van der Waals surface area contributed by atoms with Gasteiger partial charge in [0, 0.05) is 0 Å². The first-order valence-electron chi connectivity index (χ1n) is 5.95. The first-order chi connectivity index (χ1) is 8.13. The van der Waals surface area contributed by atoms with Gasteiger partial charge in [0.05, 0.1) is 17.4 Å². The third-order valence-electron chi connectivity index (χ3n) is 2.74. The number of fused-ring (bicyclic) bond motifs is 1. The predicted octanol–water partition coefficient (Wildman–Crippen LogP) is 1.75. The van der Waals surface area contributed by atoms with Crippen LogP contribution in [-0.2, 0) is 13.0 Å². The number of benzene rings is 1. The van der Waals surface area contributed by atoms with Crippen molar-refractivity contribution in [3.05, 3.63) is 34.2 Å². The first-order valence-corrected chi connectivity index (χ1v) is 5.95. The van der Waals surface area contributed by atoms with E-state index in [0.717, 1.165) is 11.1 Å². The molecule has 0 atom stereocenters. The van der Waals surface area contributed by atoms with E-state index in [2.05, 4.69) is 13.8 Å². The van der Waals surface area contributed by atoms with E-state index in [1.807, 2.05) is 18.2 Å². The van der Waals surface area contributed by atoms with E-state index in [1.54, 1.807) is 4.74 Å². The Morgan fingerprint density at radius 2 is 2.18 bits per heavy atom. The van der Waals surface area contributed by atoms with E-state index in [1.165, 1.54) is 0 Å². The van der Waals surface area contributed by atoms with Gasteiger partial charge in [0.2, 0.25) is 0 Å². The standard InChI is InChI=1S/C13H18N2O2/c1-9(2)8-15-11-5-3-4-10(6-7-14)12(11)13(16)17-15/h3-5,9H,6-8,14H2,1-2H3. The number of hydrogen-bond donors (Lipinski definition) is 1. The van der Waals surface area contributed by atoms with Crippen molar-refractivity contribution in [2.45, 2.75) is 26.8 Å². The lowest BCUT2D eigenvalue weighted by Gasteiger charge is -2.05. The molecule has 92 valence electrons. The van der Waals surface area contributed by atoms with Crippen molar-refractivity contribution >= 4 is 10.9 Å². The molecule has 0 saturated carbocycles. The molecule has 0 radical (unpaired) electrons. The molecule has 0 aliphatic rings. The Kier molecular flexibility index (Phi) is 3.33. The van der Waals surface area contributed by atoms with Crippen LogP contribution >= 0.6 is 0 Å². The monoisotopic (exact) mass is 234 g/mol. The van der Waals surface area contributed by atoms with Crippen molar-refractivity contribution < 1.29 is 4.52 Å². The van der Waals surface area contributed by atoms with Gasteiger partial charge in [-0.1, -0.05) is 26.0 Å². The van der Waals surface area contributed by atoms with Crippen molar-refractivity contribution in [3.8, 4) is 0 Å². The summed E-state index contributed by atoms with van der Waals surface area (Å²) in [6.07, 6.45) is 0.702. The maximum Gasteiger partial charge on any atom is 0.365 e. The normalized spacial score (nSPS) is 11.5. The molecule has 0 unspecified atom stereocenters. The maximum atomic E-state index is 11.8. The lowest BCUT2D eigenvalue weighted by Crippen LogP contribution is -2.05. The van der Waals surface area contributed by atoms with E-state index < -0.39 is 0 Å². The van der Waals surface area contributed by atoms with Crippen LogP contribution in [0.25, 0.3) is 10.9 Å². The van der Waals surface area contributed by atoms with E-state index in [9.17, 15) is 4.79 Å². The molecule has 4 nitrogen and oxygen atoms in total. The van der Waals surface area contributed by atoms with Crippen LogP contribution in [0.15, 0.2) is 27.5 Å². The summed E-state index contributed by atoms with van der Waals surface area (Å²) in [5, 5.41) is 0.679. The fourth-order valence-electron chi connectivity index (χ4n) is 2.06. The molecule has 0 bridgehead atoms. The molecule has 1 aromatic heterocycles. The Hall–Kier alpha value is -1.55. The van der Waals surface area contributed by atoms with Crippen LogP contribution in [0.5, 0.6) is 0 Å². The first kappa shape index (κ1) is 11.9. The fourth-order valence-corrected chi connectivity index (χ4v) is 2.06. The summed E-state index contributed by atoms with van der Waals surface area (Å²) in [4.78, 5) is 11.8. The molecule has 0 saturated heterocycles. The topological polar surface area (TPSA) is 61.2 Å². The zero-order valence-electron chi connectivity index (χ0n) is 10.3. The summed E-state index contributed by atoms with van der Waals surface area (Å²) >= 11 is 0. The Morgan fingerprint density at radius 1 is 1.41 bits per heavy atom. The Labute approximate surface area is 100.0 Å². The molecule has 4 heteroatoms. The largest absolute Gasteiger partial charge is 0.365 e. The van der Waals surface area contributed by atoms with Gasteiger partial charge in [-0.05, 0) is 30.5 Å². The summed E-state index contributed by atoms with van der Waals surface area (Å²) in [5.74, 6) is 0.437. The highest BCUT2D eigenvalue weighted by Crippen LogP contribution is 2.17. The highest BCUT2D eigenvalue weighted by Gasteiger charge is 2.13. The van der Waals surface area contributed by atoms with Gasteiger partial charge in [-0.25, -0.2) is 9.53 Å². The molecule has 0 spiro atoms. The zero-order chi connectivity index (χ0) is 12.4. The van der Waals surface area contributed by atoms with Crippen LogP contribution in [-0.4, -0.2) is 11.3 Å². The average molecular weight is 234 g/mol. The van der Waals surface area contributed by atoms with E-state index in [0.29, 0.717) is 30.8 Å². The van der Waals surface area contributed by atoms with E-state index in [4.69, 9.17) is 10.3 Å². The molecule has 0 amide bonds. The zero-order valence-corrected chi connectivity index (χ0v) is 10.3. The van der Waals surface area contributed by atoms with E-state index >= 15 is 0 Å². The van der Waals surface area contributed by atoms with Crippen LogP contribution < -0.4 is 11.4 Å². The summed E-state index contributed by atoms with van der Waals surface area (Å²) in [5.41, 5.74) is 7.13. The molecule has 1 aromatic carbocycles. The minimum Gasteiger partial charge on any atom is -0.335 e. The van der Waals surface area contributed by atoms with Gasteiger partial charge in [0.1, 0.15) is 0 Å². The molecule has 1 heterocycles. The number of nitrogens with zero attached hydrogens (tertiary/aromatic N) is 1. The number of nitrogens with two attached hydrogens (primary N) is 1. The minimum absolute atomic E-state index is 0.260. The van der Waals surface area contributed by atoms with Gasteiger partial charge >= 0.3 is 5.63 Å². The number of hydrogen-bond acceptors (Lipinski definition) is 3. The van der Waals surface area contributed by atoms with Crippen molar-refractivity contribution in [2.24, 2.45) is 11.7 Å². The Bertz CT molecular complexity index is 566. The van der Waals surface area contributed by atoms with Crippen molar-refractivity contribution in [2.75, 3.05) is 6.54 Å². The second-order valence-corrected chi connectivity index (χ2v) is 4.68. The van der Waals surface area contributed by atoms with Gasteiger partial charge in [0.25, 0.3) is 0 Å². The quantitative estimate of drug-likeness (QED) is 0.876. The Morgan fingerprint density at radius 3 is 2.82 bits per heavy atom. The smallest absolute Gasteiger partial charge is 0.335 e. The molecular weight excluding hydrogens is 216 g/mol. The number of aromatic nitrogens is 1. The predicted molar refractivity (Wildman–Crippen MR) is 68.1 cm³/mol. The van der Waals surface area contributed by atoms with Crippen LogP contribution in [0, 0.1) is 5.92 Å². The molecule has 2 N–H and O–H groups in total. The van der Waals surface area contributed by atoms with Crippen LogP contribution in [0.4, 0.5) is 0 Å². The maximum absolute atomic E-state index is 11.8. The van der Waals surface area contributed by atoms with Crippen LogP contribution in [0.1, 0.15) is 19.4 Å². The summed E-state index contributed by atoms with van der Waals surface area (Å²) < 4.78 is 6.97.